The molecule has 0 radical (unpaired) electrons. The van der Waals surface area contributed by atoms with Gasteiger partial charge in [-0.2, -0.15) is 4.31 Å². The molecule has 1 fully saturated rings. The monoisotopic (exact) mass is 472 g/mol. The Morgan fingerprint density at radius 3 is 2.52 bits per heavy atom. The zero-order valence-corrected chi connectivity index (χ0v) is 18.4. The molecule has 1 aliphatic rings. The molecule has 0 saturated carbocycles. The van der Waals surface area contributed by atoms with Gasteiger partial charge >= 0.3 is 0 Å². The quantitative estimate of drug-likeness (QED) is 0.347. The molecular formula is C21H20N4O7S. The maximum absolute atomic E-state index is 13.0. The standard InChI is InChI=1S/C21H20N4O7S/c1-14-5-6-17-18(22-27)13-20(32-19(17)11-14)21(26)23-7-9-24(10-8-23)33(30,31)16-4-2-3-15(12-16)25(28)29/h2-6,11-13,27H,7-10H2,1H3/b22-18-. The van der Waals surface area contributed by atoms with Crippen LogP contribution in [0.4, 0.5) is 5.69 Å². The van der Waals surface area contributed by atoms with Crippen LogP contribution in [0.5, 0.6) is 0 Å². The second-order valence-electron chi connectivity index (χ2n) is 7.55. The number of carbonyl (C=O) groups excluding carboxylic acids is 1. The van der Waals surface area contributed by atoms with Crippen LogP contribution in [0, 0.1) is 17.0 Å². The highest BCUT2D eigenvalue weighted by Crippen LogP contribution is 2.23. The minimum absolute atomic E-state index is 0.0146. The van der Waals surface area contributed by atoms with Gasteiger partial charge in [-0.25, -0.2) is 8.42 Å². The topological polar surface area (TPSA) is 147 Å². The summed E-state index contributed by atoms with van der Waals surface area (Å²) in [4.78, 5) is 24.6. The van der Waals surface area contributed by atoms with Gasteiger partial charge in [-0.05, 0) is 30.7 Å². The first-order valence-electron chi connectivity index (χ1n) is 9.97. The summed E-state index contributed by atoms with van der Waals surface area (Å²) in [6.07, 6.45) is 0. The Bertz CT molecular complexity index is 1420. The average molecular weight is 472 g/mol. The van der Waals surface area contributed by atoms with E-state index in [9.17, 15) is 28.5 Å². The van der Waals surface area contributed by atoms with Gasteiger partial charge in [-0.1, -0.05) is 17.3 Å². The molecule has 0 unspecified atom stereocenters. The van der Waals surface area contributed by atoms with Crippen LogP contribution in [0.1, 0.15) is 16.1 Å². The maximum atomic E-state index is 13.0. The van der Waals surface area contributed by atoms with Crippen LogP contribution in [0.15, 0.2) is 63.0 Å². The first kappa shape index (κ1) is 22.4. The smallest absolute Gasteiger partial charge is 0.289 e. The number of nitro benzene ring substituents is 1. The Morgan fingerprint density at radius 1 is 1.12 bits per heavy atom. The van der Waals surface area contributed by atoms with E-state index >= 15 is 0 Å². The first-order valence-corrected chi connectivity index (χ1v) is 11.4. The van der Waals surface area contributed by atoms with Gasteiger partial charge in [0.05, 0.1) is 9.82 Å². The molecule has 0 spiro atoms. The number of nitrogens with zero attached hydrogens (tertiary/aromatic N) is 4. The zero-order valence-electron chi connectivity index (χ0n) is 17.5. The van der Waals surface area contributed by atoms with Gasteiger partial charge in [0, 0.05) is 49.8 Å². The summed E-state index contributed by atoms with van der Waals surface area (Å²) in [7, 11) is -3.96. The maximum Gasteiger partial charge on any atom is 0.289 e. The summed E-state index contributed by atoms with van der Waals surface area (Å²) in [6.45, 7) is 2.08. The number of aryl methyl sites for hydroxylation is 1. The molecular weight excluding hydrogens is 452 g/mol. The molecule has 1 aliphatic heterocycles. The third-order valence-corrected chi connectivity index (χ3v) is 7.31. The summed E-state index contributed by atoms with van der Waals surface area (Å²) < 4.78 is 32.8. The molecule has 2 aromatic carbocycles. The van der Waals surface area contributed by atoms with Crippen molar-refractivity contribution in [3.8, 4) is 0 Å². The van der Waals surface area contributed by atoms with Crippen molar-refractivity contribution in [1.82, 2.24) is 9.21 Å². The molecule has 1 N–H and O–H groups in total. The predicted octanol–water partition coefficient (Wildman–Crippen LogP) is 2.09. The number of sulfonamides is 1. The van der Waals surface area contributed by atoms with Crippen molar-refractivity contribution < 1.29 is 27.8 Å². The van der Waals surface area contributed by atoms with Crippen molar-refractivity contribution in [2.24, 2.45) is 5.16 Å². The minimum atomic E-state index is -3.96. The summed E-state index contributed by atoms with van der Waals surface area (Å²) >= 11 is 0. The fraction of sp³-hybridized carbons (Fsp3) is 0.238. The summed E-state index contributed by atoms with van der Waals surface area (Å²) in [5.41, 5.74) is 0.975. The third kappa shape index (κ3) is 4.30. The van der Waals surface area contributed by atoms with E-state index in [1.54, 1.807) is 12.1 Å². The van der Waals surface area contributed by atoms with E-state index < -0.39 is 20.9 Å². The number of fused-ring (bicyclic) bond motifs is 1. The van der Waals surface area contributed by atoms with Crippen LogP contribution < -0.4 is 5.36 Å². The molecule has 33 heavy (non-hydrogen) atoms. The molecule has 1 amide bonds. The van der Waals surface area contributed by atoms with Crippen molar-refractivity contribution in [2.45, 2.75) is 11.8 Å². The number of amides is 1. The van der Waals surface area contributed by atoms with Crippen molar-refractivity contribution in [3.05, 3.63) is 75.3 Å². The molecule has 0 bridgehead atoms. The lowest BCUT2D eigenvalue weighted by molar-refractivity contribution is -0.385. The highest BCUT2D eigenvalue weighted by Gasteiger charge is 2.32. The highest BCUT2D eigenvalue weighted by atomic mass is 32.2. The third-order valence-electron chi connectivity index (χ3n) is 5.41. The Morgan fingerprint density at radius 2 is 1.85 bits per heavy atom. The van der Waals surface area contributed by atoms with Crippen molar-refractivity contribution in [1.29, 1.82) is 0 Å². The van der Waals surface area contributed by atoms with Crippen LogP contribution in [-0.2, 0) is 10.0 Å². The van der Waals surface area contributed by atoms with Gasteiger partial charge < -0.3 is 14.5 Å². The largest absolute Gasteiger partial charge is 0.451 e. The number of rotatable bonds is 4. The molecule has 11 nitrogen and oxygen atoms in total. The second kappa shape index (κ2) is 8.64. The first-order chi connectivity index (χ1) is 15.7. The number of non-ortho nitro benzene ring substituents is 1. The average Bonchev–Trinajstić information content (AvgIpc) is 2.82. The summed E-state index contributed by atoms with van der Waals surface area (Å²) in [5, 5.41) is 24.3. The molecule has 172 valence electrons. The van der Waals surface area contributed by atoms with Gasteiger partial charge in [-0.15, -0.1) is 0 Å². The zero-order chi connectivity index (χ0) is 23.8. The van der Waals surface area contributed by atoms with Crippen LogP contribution in [-0.4, -0.2) is 59.8 Å². The summed E-state index contributed by atoms with van der Waals surface area (Å²) in [6, 6.07) is 11.5. The second-order valence-corrected chi connectivity index (χ2v) is 9.48. The molecule has 3 aromatic rings. The lowest BCUT2D eigenvalue weighted by Crippen LogP contribution is -2.50. The molecule has 1 saturated heterocycles. The number of hydrogen-bond acceptors (Lipinski definition) is 8. The van der Waals surface area contributed by atoms with E-state index in [-0.39, 0.29) is 47.9 Å². The van der Waals surface area contributed by atoms with E-state index in [1.165, 1.54) is 33.5 Å². The van der Waals surface area contributed by atoms with Crippen molar-refractivity contribution in [3.63, 3.8) is 0 Å². The molecule has 4 rings (SSSR count). The lowest BCUT2D eigenvalue weighted by atomic mass is 10.1. The highest BCUT2D eigenvalue weighted by molar-refractivity contribution is 7.89. The van der Waals surface area contributed by atoms with Crippen LogP contribution in [0.2, 0.25) is 0 Å². The number of hydrogen-bond donors (Lipinski definition) is 1. The SMILES string of the molecule is Cc1ccc2/c(=N\O)cc(C(=O)N3CCN(S(=O)(=O)c4cccc([N+](=O)[O-])c4)CC3)oc2c1. The molecule has 2 heterocycles. The van der Waals surface area contributed by atoms with Crippen molar-refractivity contribution >= 4 is 32.6 Å². The number of carbonyl (C=O) groups is 1. The van der Waals surface area contributed by atoms with Gasteiger partial charge in [0.1, 0.15) is 10.9 Å². The summed E-state index contributed by atoms with van der Waals surface area (Å²) in [5.74, 6) is -0.494. The van der Waals surface area contributed by atoms with Crippen molar-refractivity contribution in [2.75, 3.05) is 26.2 Å². The molecule has 0 atom stereocenters. The van der Waals surface area contributed by atoms with E-state index in [1.807, 2.05) is 13.0 Å². The fourth-order valence-electron chi connectivity index (χ4n) is 3.66. The molecule has 12 heteroatoms. The lowest BCUT2D eigenvalue weighted by Gasteiger charge is -2.33. The Hall–Kier alpha value is -3.77. The Labute approximate surface area is 188 Å². The van der Waals surface area contributed by atoms with Crippen LogP contribution >= 0.6 is 0 Å². The Balaban J connectivity index is 1.54. The predicted molar refractivity (Wildman–Crippen MR) is 116 cm³/mol. The number of nitro groups is 1. The molecule has 1 aromatic heterocycles. The van der Waals surface area contributed by atoms with Gasteiger partial charge in [0.15, 0.2) is 5.76 Å². The van der Waals surface area contributed by atoms with E-state index in [0.29, 0.717) is 11.0 Å². The van der Waals surface area contributed by atoms with E-state index in [4.69, 9.17) is 4.42 Å². The van der Waals surface area contributed by atoms with Crippen LogP contribution in [0.25, 0.3) is 11.0 Å². The normalized spacial score (nSPS) is 15.7. The van der Waals surface area contributed by atoms with Gasteiger partial charge in [-0.3, -0.25) is 14.9 Å². The molecule has 0 aliphatic carbocycles. The fourth-order valence-corrected chi connectivity index (χ4v) is 5.12. The van der Waals surface area contributed by atoms with Gasteiger partial charge in [0.2, 0.25) is 10.0 Å². The number of benzene rings is 2. The Kier molecular flexibility index (Phi) is 5.87. The van der Waals surface area contributed by atoms with E-state index in [2.05, 4.69) is 5.16 Å². The van der Waals surface area contributed by atoms with E-state index in [0.717, 1.165) is 11.6 Å². The van der Waals surface area contributed by atoms with Crippen LogP contribution in [0.3, 0.4) is 0 Å². The number of piperazine rings is 1. The minimum Gasteiger partial charge on any atom is -0.451 e. The van der Waals surface area contributed by atoms with Gasteiger partial charge in [0.25, 0.3) is 11.6 Å².